The van der Waals surface area contributed by atoms with Crippen molar-refractivity contribution >= 4 is 23.2 Å². The molecule has 0 fully saturated rings. The molecule has 0 saturated heterocycles. The number of rotatable bonds is 3. The van der Waals surface area contributed by atoms with E-state index in [0.29, 0.717) is 22.2 Å². The summed E-state index contributed by atoms with van der Waals surface area (Å²) in [4.78, 5) is 0. The number of halogens is 2. The number of aliphatic hydroxyl groups is 1. The van der Waals surface area contributed by atoms with Gasteiger partial charge in [0.15, 0.2) is 0 Å². The van der Waals surface area contributed by atoms with E-state index >= 15 is 0 Å². The topological polar surface area (TPSA) is 33.4 Å². The molecule has 0 bridgehead atoms. The molecule has 0 spiro atoms. The molecule has 1 aromatic heterocycles. The van der Waals surface area contributed by atoms with Crippen molar-refractivity contribution in [3.63, 3.8) is 0 Å². The summed E-state index contributed by atoms with van der Waals surface area (Å²) in [5, 5.41) is 10.4. The van der Waals surface area contributed by atoms with Crippen LogP contribution in [0, 0.1) is 0 Å². The van der Waals surface area contributed by atoms with Crippen molar-refractivity contribution in [1.29, 1.82) is 0 Å². The molecule has 0 saturated carbocycles. The minimum atomic E-state index is -0.419. The van der Waals surface area contributed by atoms with Crippen LogP contribution in [-0.4, -0.2) is 11.2 Å². The highest BCUT2D eigenvalue weighted by molar-refractivity contribution is 6.35. The zero-order chi connectivity index (χ0) is 12.4. The van der Waals surface area contributed by atoms with Crippen LogP contribution in [0.4, 0.5) is 0 Å². The van der Waals surface area contributed by atoms with E-state index in [2.05, 4.69) is 0 Å². The van der Waals surface area contributed by atoms with Crippen molar-refractivity contribution in [2.24, 2.45) is 0 Å². The highest BCUT2D eigenvalue weighted by atomic mass is 35.5. The van der Waals surface area contributed by atoms with E-state index in [1.165, 1.54) is 0 Å². The second-order valence-electron chi connectivity index (χ2n) is 3.98. The van der Waals surface area contributed by atoms with Crippen LogP contribution in [0.1, 0.15) is 12.7 Å². The smallest absolute Gasteiger partial charge is 0.134 e. The molecular formula is C13H12Cl2O2. The lowest BCUT2D eigenvalue weighted by molar-refractivity contribution is 0.187. The molecule has 90 valence electrons. The molecule has 1 atom stereocenters. The number of hydrogen-bond acceptors (Lipinski definition) is 2. The number of hydrogen-bond donors (Lipinski definition) is 1. The van der Waals surface area contributed by atoms with Gasteiger partial charge in [0.25, 0.3) is 0 Å². The van der Waals surface area contributed by atoms with E-state index in [4.69, 9.17) is 27.6 Å². The number of benzene rings is 1. The summed E-state index contributed by atoms with van der Waals surface area (Å²) in [6, 6.07) is 8.94. The summed E-state index contributed by atoms with van der Waals surface area (Å²) in [5.41, 5.74) is 0.833. The van der Waals surface area contributed by atoms with Crippen LogP contribution in [0.2, 0.25) is 10.0 Å². The Hall–Kier alpha value is -0.960. The lowest BCUT2D eigenvalue weighted by Gasteiger charge is -2.01. The predicted octanol–water partition coefficient (Wildman–Crippen LogP) is 4.18. The molecule has 2 nitrogen and oxygen atoms in total. The Balaban J connectivity index is 2.30. The molecule has 1 unspecified atom stereocenters. The minimum Gasteiger partial charge on any atom is -0.461 e. The highest BCUT2D eigenvalue weighted by Gasteiger charge is 2.08. The van der Waals surface area contributed by atoms with E-state index in [-0.39, 0.29) is 0 Å². The van der Waals surface area contributed by atoms with Crippen LogP contribution in [0.15, 0.2) is 34.7 Å². The van der Waals surface area contributed by atoms with Crippen LogP contribution >= 0.6 is 23.2 Å². The molecule has 1 aromatic carbocycles. The third-order valence-electron chi connectivity index (χ3n) is 2.31. The van der Waals surface area contributed by atoms with Crippen LogP contribution in [0.25, 0.3) is 11.3 Å². The van der Waals surface area contributed by atoms with Gasteiger partial charge in [-0.2, -0.15) is 0 Å². The van der Waals surface area contributed by atoms with Gasteiger partial charge in [0.1, 0.15) is 11.5 Å². The molecule has 4 heteroatoms. The van der Waals surface area contributed by atoms with E-state index in [1.54, 1.807) is 25.1 Å². The van der Waals surface area contributed by atoms with Crippen LogP contribution in [-0.2, 0) is 6.42 Å². The standard InChI is InChI=1S/C13H12Cl2O2/c1-8(16)4-12-2-3-13(17-12)9-5-10(14)7-11(15)6-9/h2-3,5-8,16H,4H2,1H3. The van der Waals surface area contributed by atoms with Crippen molar-refractivity contribution in [2.75, 3.05) is 0 Å². The Morgan fingerprint density at radius 3 is 2.41 bits per heavy atom. The first kappa shape index (κ1) is 12.5. The van der Waals surface area contributed by atoms with Gasteiger partial charge in [-0.3, -0.25) is 0 Å². The highest BCUT2D eigenvalue weighted by Crippen LogP contribution is 2.28. The van der Waals surface area contributed by atoms with Gasteiger partial charge in [0, 0.05) is 22.0 Å². The molecule has 0 aliphatic rings. The third-order valence-corrected chi connectivity index (χ3v) is 2.74. The fourth-order valence-electron chi connectivity index (χ4n) is 1.63. The van der Waals surface area contributed by atoms with Crippen molar-refractivity contribution in [3.8, 4) is 11.3 Å². The molecule has 0 aliphatic carbocycles. The Morgan fingerprint density at radius 1 is 1.18 bits per heavy atom. The minimum absolute atomic E-state index is 0.419. The predicted molar refractivity (Wildman–Crippen MR) is 69.5 cm³/mol. The van der Waals surface area contributed by atoms with Crippen LogP contribution < -0.4 is 0 Å². The molecule has 1 heterocycles. The van der Waals surface area contributed by atoms with Crippen molar-refractivity contribution in [1.82, 2.24) is 0 Å². The van der Waals surface area contributed by atoms with Crippen LogP contribution in [0.5, 0.6) is 0 Å². The second-order valence-corrected chi connectivity index (χ2v) is 4.85. The first-order valence-corrected chi connectivity index (χ1v) is 6.03. The Labute approximate surface area is 110 Å². The lowest BCUT2D eigenvalue weighted by atomic mass is 10.2. The molecule has 0 radical (unpaired) electrons. The van der Waals surface area contributed by atoms with Crippen molar-refractivity contribution in [3.05, 3.63) is 46.1 Å². The van der Waals surface area contributed by atoms with E-state index in [1.807, 2.05) is 12.1 Å². The SMILES string of the molecule is CC(O)Cc1ccc(-c2cc(Cl)cc(Cl)c2)o1. The van der Waals surface area contributed by atoms with Gasteiger partial charge < -0.3 is 9.52 Å². The lowest BCUT2D eigenvalue weighted by Crippen LogP contribution is -2.02. The molecule has 2 rings (SSSR count). The van der Waals surface area contributed by atoms with Crippen LogP contribution in [0.3, 0.4) is 0 Å². The number of furan rings is 1. The quantitative estimate of drug-likeness (QED) is 0.908. The van der Waals surface area contributed by atoms with Gasteiger partial charge in [-0.25, -0.2) is 0 Å². The fourth-order valence-corrected chi connectivity index (χ4v) is 2.16. The summed E-state index contributed by atoms with van der Waals surface area (Å²) in [6.45, 7) is 1.72. The third kappa shape index (κ3) is 3.25. The van der Waals surface area contributed by atoms with Gasteiger partial charge in [-0.1, -0.05) is 23.2 Å². The molecule has 1 N–H and O–H groups in total. The van der Waals surface area contributed by atoms with E-state index < -0.39 is 6.10 Å². The van der Waals surface area contributed by atoms with Crippen molar-refractivity contribution in [2.45, 2.75) is 19.4 Å². The van der Waals surface area contributed by atoms with Crippen molar-refractivity contribution < 1.29 is 9.52 Å². The monoisotopic (exact) mass is 270 g/mol. The second kappa shape index (κ2) is 5.13. The summed E-state index contributed by atoms with van der Waals surface area (Å²) < 4.78 is 5.61. The molecule has 0 aliphatic heterocycles. The van der Waals surface area contributed by atoms with Gasteiger partial charge in [-0.05, 0) is 37.3 Å². The first-order chi connectivity index (χ1) is 8.04. The summed E-state index contributed by atoms with van der Waals surface area (Å²) >= 11 is 11.9. The summed E-state index contributed by atoms with van der Waals surface area (Å²) in [5.74, 6) is 1.44. The average Bonchev–Trinajstić information content (AvgIpc) is 2.63. The summed E-state index contributed by atoms with van der Waals surface area (Å²) in [6.07, 6.45) is 0.0749. The fraction of sp³-hybridized carbons (Fsp3) is 0.231. The molecule has 17 heavy (non-hydrogen) atoms. The zero-order valence-electron chi connectivity index (χ0n) is 9.28. The molecular weight excluding hydrogens is 259 g/mol. The Bertz CT molecular complexity index is 498. The van der Waals surface area contributed by atoms with Gasteiger partial charge in [0.05, 0.1) is 6.10 Å². The molecule has 0 amide bonds. The largest absolute Gasteiger partial charge is 0.461 e. The average molecular weight is 271 g/mol. The maximum Gasteiger partial charge on any atom is 0.134 e. The Morgan fingerprint density at radius 2 is 1.82 bits per heavy atom. The maximum atomic E-state index is 9.27. The zero-order valence-corrected chi connectivity index (χ0v) is 10.8. The number of aliphatic hydroxyl groups excluding tert-OH is 1. The Kier molecular flexibility index (Phi) is 3.77. The van der Waals surface area contributed by atoms with Gasteiger partial charge >= 0.3 is 0 Å². The first-order valence-electron chi connectivity index (χ1n) is 5.28. The normalized spacial score (nSPS) is 12.7. The van der Waals surface area contributed by atoms with E-state index in [9.17, 15) is 5.11 Å². The van der Waals surface area contributed by atoms with E-state index in [0.717, 1.165) is 11.3 Å². The maximum absolute atomic E-state index is 9.27. The van der Waals surface area contributed by atoms with Gasteiger partial charge in [-0.15, -0.1) is 0 Å². The van der Waals surface area contributed by atoms with Gasteiger partial charge in [0.2, 0.25) is 0 Å². The molecule has 2 aromatic rings. The summed E-state index contributed by atoms with van der Waals surface area (Å²) in [7, 11) is 0.